The first kappa shape index (κ1) is 18.5. The summed E-state index contributed by atoms with van der Waals surface area (Å²) >= 11 is 0. The van der Waals surface area contributed by atoms with Crippen LogP contribution in [0.2, 0.25) is 0 Å². The molecule has 0 saturated carbocycles. The fourth-order valence-electron chi connectivity index (χ4n) is 2.38. The Hall–Kier alpha value is -3.27. The van der Waals surface area contributed by atoms with Crippen LogP contribution in [0.25, 0.3) is 22.4 Å². The van der Waals surface area contributed by atoms with Crippen molar-refractivity contribution in [3.8, 4) is 11.3 Å². The number of hydrogen-bond acceptors (Lipinski definition) is 6. The summed E-state index contributed by atoms with van der Waals surface area (Å²) in [6.45, 7) is 2.32. The molecule has 0 aliphatic rings. The maximum absolute atomic E-state index is 11.6. The van der Waals surface area contributed by atoms with Gasteiger partial charge in [0.2, 0.25) is 10.0 Å². The number of sulfonamides is 1. The average molecular weight is 386 g/mol. The Bertz CT molecular complexity index is 1100. The van der Waals surface area contributed by atoms with E-state index in [-0.39, 0.29) is 6.03 Å². The number of benzene rings is 1. The molecule has 9 nitrogen and oxygen atoms in total. The largest absolute Gasteiger partial charge is 0.338 e. The smallest absolute Gasteiger partial charge is 0.320 e. The van der Waals surface area contributed by atoms with E-state index in [1.807, 2.05) is 6.92 Å². The van der Waals surface area contributed by atoms with Gasteiger partial charge in [-0.2, -0.15) is 0 Å². The van der Waals surface area contributed by atoms with Crippen LogP contribution in [-0.2, 0) is 10.0 Å². The second-order valence-corrected chi connectivity index (χ2v) is 7.48. The van der Waals surface area contributed by atoms with Gasteiger partial charge in [-0.25, -0.2) is 23.2 Å². The summed E-state index contributed by atoms with van der Waals surface area (Å²) in [5, 5.41) is 5.25. The van der Waals surface area contributed by atoms with Gasteiger partial charge in [0.1, 0.15) is 11.3 Å². The topological polar surface area (TPSA) is 126 Å². The van der Waals surface area contributed by atoms with Crippen LogP contribution < -0.4 is 15.4 Å². The summed E-state index contributed by atoms with van der Waals surface area (Å²) in [4.78, 5) is 24.7. The van der Waals surface area contributed by atoms with Crippen LogP contribution in [0.3, 0.4) is 0 Å². The summed E-state index contributed by atoms with van der Waals surface area (Å²) < 4.78 is 25.2. The molecular formula is C17H18N6O3S. The molecule has 3 aromatic rings. The van der Waals surface area contributed by atoms with E-state index in [2.05, 4.69) is 30.3 Å². The molecule has 3 rings (SSSR count). The number of carbonyl (C=O) groups excluding carboxylic acids is 1. The van der Waals surface area contributed by atoms with E-state index in [9.17, 15) is 13.2 Å². The zero-order valence-corrected chi connectivity index (χ0v) is 15.5. The monoisotopic (exact) mass is 386 g/mol. The number of rotatable bonds is 5. The van der Waals surface area contributed by atoms with Crippen molar-refractivity contribution in [2.45, 2.75) is 6.92 Å². The van der Waals surface area contributed by atoms with Crippen molar-refractivity contribution >= 4 is 38.7 Å². The van der Waals surface area contributed by atoms with E-state index < -0.39 is 10.0 Å². The Labute approximate surface area is 156 Å². The number of hydrogen-bond donors (Lipinski definition) is 3. The summed E-state index contributed by atoms with van der Waals surface area (Å²) in [5.74, 6) is 0.354. The SMILES string of the molecule is CCNC(=O)Nc1ccc2ncc(-c3cccc(NS(C)(=O)=O)c3)nc2n1. The lowest BCUT2D eigenvalue weighted by Crippen LogP contribution is -2.28. The number of nitrogens with one attached hydrogen (secondary N) is 3. The zero-order valence-electron chi connectivity index (χ0n) is 14.7. The number of fused-ring (bicyclic) bond motifs is 1. The maximum atomic E-state index is 11.6. The molecule has 2 amide bonds. The Kier molecular flexibility index (Phi) is 5.17. The van der Waals surface area contributed by atoms with Gasteiger partial charge >= 0.3 is 6.03 Å². The minimum Gasteiger partial charge on any atom is -0.338 e. The van der Waals surface area contributed by atoms with Gasteiger partial charge in [0, 0.05) is 17.8 Å². The molecule has 3 N–H and O–H groups in total. The van der Waals surface area contributed by atoms with Gasteiger partial charge in [-0.15, -0.1) is 0 Å². The van der Waals surface area contributed by atoms with Crippen LogP contribution in [0, 0.1) is 0 Å². The number of amides is 2. The molecule has 0 atom stereocenters. The van der Waals surface area contributed by atoms with Crippen LogP contribution in [0.5, 0.6) is 0 Å². The molecule has 0 fully saturated rings. The lowest BCUT2D eigenvalue weighted by molar-refractivity contribution is 0.252. The molecule has 0 saturated heterocycles. The van der Waals surface area contributed by atoms with Crippen LogP contribution in [0.1, 0.15) is 6.92 Å². The fourth-order valence-corrected chi connectivity index (χ4v) is 2.94. The summed E-state index contributed by atoms with van der Waals surface area (Å²) in [7, 11) is -3.38. The molecule has 10 heteroatoms. The third-order valence-corrected chi connectivity index (χ3v) is 4.05. The zero-order chi connectivity index (χ0) is 19.4. The number of nitrogens with zero attached hydrogens (tertiary/aromatic N) is 3. The summed E-state index contributed by atoms with van der Waals surface area (Å²) in [6, 6.07) is 9.81. The van der Waals surface area contributed by atoms with Gasteiger partial charge in [0.25, 0.3) is 0 Å². The van der Waals surface area contributed by atoms with Crippen molar-refractivity contribution < 1.29 is 13.2 Å². The molecule has 0 aliphatic carbocycles. The first-order valence-electron chi connectivity index (χ1n) is 8.11. The molecule has 0 radical (unpaired) electrons. The Morgan fingerprint density at radius 3 is 2.70 bits per heavy atom. The predicted octanol–water partition coefficient (Wildman–Crippen LogP) is 2.20. The van der Waals surface area contributed by atoms with Gasteiger partial charge in [-0.3, -0.25) is 15.0 Å². The summed E-state index contributed by atoms with van der Waals surface area (Å²) in [6.07, 6.45) is 2.67. The van der Waals surface area contributed by atoms with Crippen molar-refractivity contribution in [2.24, 2.45) is 0 Å². The van der Waals surface area contributed by atoms with Gasteiger partial charge in [0.05, 0.1) is 18.1 Å². The number of carbonyl (C=O) groups is 1. The van der Waals surface area contributed by atoms with Gasteiger partial charge in [-0.05, 0) is 31.2 Å². The van der Waals surface area contributed by atoms with E-state index in [0.29, 0.717) is 40.5 Å². The Morgan fingerprint density at radius 1 is 1.15 bits per heavy atom. The van der Waals surface area contributed by atoms with Gasteiger partial charge in [-0.1, -0.05) is 12.1 Å². The number of anilines is 2. The molecule has 2 heterocycles. The molecule has 0 spiro atoms. The quantitative estimate of drug-likeness (QED) is 0.617. The minimum absolute atomic E-state index is 0.354. The molecule has 0 bridgehead atoms. The minimum atomic E-state index is -3.38. The lowest BCUT2D eigenvalue weighted by Gasteiger charge is -2.08. The highest BCUT2D eigenvalue weighted by atomic mass is 32.2. The molecule has 0 unspecified atom stereocenters. The number of urea groups is 1. The second-order valence-electron chi connectivity index (χ2n) is 5.73. The molecule has 140 valence electrons. The third-order valence-electron chi connectivity index (χ3n) is 3.45. The first-order valence-corrected chi connectivity index (χ1v) is 10.00. The van der Waals surface area contributed by atoms with E-state index in [0.717, 1.165) is 6.26 Å². The lowest BCUT2D eigenvalue weighted by atomic mass is 10.1. The highest BCUT2D eigenvalue weighted by Gasteiger charge is 2.08. The molecule has 27 heavy (non-hydrogen) atoms. The van der Waals surface area contributed by atoms with E-state index >= 15 is 0 Å². The molecule has 1 aromatic carbocycles. The molecule has 2 aromatic heterocycles. The van der Waals surface area contributed by atoms with Gasteiger partial charge < -0.3 is 5.32 Å². The third kappa shape index (κ3) is 4.88. The van der Waals surface area contributed by atoms with Crippen molar-refractivity contribution in [3.63, 3.8) is 0 Å². The number of aromatic nitrogens is 3. The van der Waals surface area contributed by atoms with Crippen molar-refractivity contribution in [1.29, 1.82) is 0 Å². The maximum Gasteiger partial charge on any atom is 0.320 e. The predicted molar refractivity (Wildman–Crippen MR) is 104 cm³/mol. The first-order chi connectivity index (χ1) is 12.8. The fraction of sp³-hybridized carbons (Fsp3) is 0.176. The van der Waals surface area contributed by atoms with Crippen LogP contribution in [0.4, 0.5) is 16.3 Å². The summed E-state index contributed by atoms with van der Waals surface area (Å²) in [5.41, 5.74) is 2.58. The second kappa shape index (κ2) is 7.54. The van der Waals surface area contributed by atoms with Crippen molar-refractivity contribution in [2.75, 3.05) is 22.8 Å². The average Bonchev–Trinajstić information content (AvgIpc) is 2.60. The standard InChI is InChI=1S/C17H18N6O3S/c1-3-18-17(24)22-15-8-7-13-16(21-15)20-14(10-19-13)11-5-4-6-12(9-11)23-27(2,25)26/h4-10,23H,3H2,1-2H3,(H2,18,20,21,22,24). The number of pyridine rings is 1. The van der Waals surface area contributed by atoms with Gasteiger partial charge in [0.15, 0.2) is 5.65 Å². The van der Waals surface area contributed by atoms with Crippen LogP contribution in [0.15, 0.2) is 42.6 Å². The van der Waals surface area contributed by atoms with Crippen LogP contribution in [-0.4, -0.2) is 42.2 Å². The highest BCUT2D eigenvalue weighted by molar-refractivity contribution is 7.92. The van der Waals surface area contributed by atoms with E-state index in [1.54, 1.807) is 42.6 Å². The van der Waals surface area contributed by atoms with E-state index in [1.165, 1.54) is 0 Å². The highest BCUT2D eigenvalue weighted by Crippen LogP contribution is 2.22. The Morgan fingerprint density at radius 2 is 1.96 bits per heavy atom. The van der Waals surface area contributed by atoms with Crippen LogP contribution >= 0.6 is 0 Å². The normalized spacial score (nSPS) is 11.2. The van der Waals surface area contributed by atoms with E-state index in [4.69, 9.17) is 0 Å². The van der Waals surface area contributed by atoms with Crippen molar-refractivity contribution in [1.82, 2.24) is 20.3 Å². The molecule has 0 aliphatic heterocycles. The Balaban J connectivity index is 1.93. The van der Waals surface area contributed by atoms with Crippen molar-refractivity contribution in [3.05, 3.63) is 42.6 Å². The molecular weight excluding hydrogens is 368 g/mol.